The third-order valence-corrected chi connectivity index (χ3v) is 7.36. The van der Waals surface area contributed by atoms with Crippen LogP contribution in [0.5, 0.6) is 0 Å². The molecule has 6 nitrogen and oxygen atoms in total. The molecule has 0 aromatic carbocycles. The van der Waals surface area contributed by atoms with Crippen LogP contribution in [0, 0.1) is 11.8 Å². The van der Waals surface area contributed by atoms with E-state index < -0.39 is 10.0 Å². The lowest BCUT2D eigenvalue weighted by Gasteiger charge is -2.32. The van der Waals surface area contributed by atoms with Gasteiger partial charge >= 0.3 is 0 Å². The smallest absolute Gasteiger partial charge is 0.225 e. The molecule has 2 bridgehead atoms. The molecule has 4 rings (SSSR count). The van der Waals surface area contributed by atoms with E-state index in [0.29, 0.717) is 25.4 Å². The van der Waals surface area contributed by atoms with Crippen molar-refractivity contribution in [2.75, 3.05) is 19.6 Å². The van der Waals surface area contributed by atoms with E-state index in [1.165, 1.54) is 12.8 Å². The highest BCUT2D eigenvalue weighted by Crippen LogP contribution is 2.37. The van der Waals surface area contributed by atoms with Crippen LogP contribution < -0.4 is 5.32 Å². The molecule has 0 aromatic heterocycles. The zero-order chi connectivity index (χ0) is 14.6. The van der Waals surface area contributed by atoms with Gasteiger partial charge in [-0.05, 0) is 38.0 Å². The van der Waals surface area contributed by atoms with Crippen molar-refractivity contribution in [3.05, 3.63) is 0 Å². The van der Waals surface area contributed by atoms with Crippen LogP contribution in [0.15, 0.2) is 0 Å². The highest BCUT2D eigenvalue weighted by molar-refractivity contribution is 7.90. The molecule has 118 valence electrons. The Morgan fingerprint density at radius 2 is 1.95 bits per heavy atom. The normalized spacial score (nSPS) is 36.7. The molecule has 1 N–H and O–H groups in total. The number of morpholine rings is 1. The summed E-state index contributed by atoms with van der Waals surface area (Å²) in [5, 5.41) is 2.82. The molecular weight excluding hydrogens is 292 g/mol. The van der Waals surface area contributed by atoms with Crippen LogP contribution in [0.4, 0.5) is 0 Å². The highest BCUT2D eigenvalue weighted by Gasteiger charge is 2.50. The first-order chi connectivity index (χ1) is 10.0. The van der Waals surface area contributed by atoms with Gasteiger partial charge < -0.3 is 10.1 Å². The summed E-state index contributed by atoms with van der Waals surface area (Å²) in [5.41, 5.74) is 0. The molecule has 0 aromatic rings. The quantitative estimate of drug-likeness (QED) is 0.780. The monoisotopic (exact) mass is 314 g/mol. The molecule has 1 amide bonds. The summed E-state index contributed by atoms with van der Waals surface area (Å²) in [5.74, 6) is 0.510. The summed E-state index contributed by atoms with van der Waals surface area (Å²) in [4.78, 5) is 12.3. The maximum Gasteiger partial charge on any atom is 0.225 e. The summed E-state index contributed by atoms with van der Waals surface area (Å²) in [7, 11) is -3.16. The Morgan fingerprint density at radius 3 is 2.62 bits per heavy atom. The van der Waals surface area contributed by atoms with Crippen molar-refractivity contribution in [1.29, 1.82) is 0 Å². The molecule has 0 radical (unpaired) electrons. The number of carbonyl (C=O) groups excluding carboxylic acids is 1. The van der Waals surface area contributed by atoms with Gasteiger partial charge in [-0.2, -0.15) is 4.31 Å². The fraction of sp³-hybridized carbons (Fsp3) is 0.929. The summed E-state index contributed by atoms with van der Waals surface area (Å²) in [6.45, 7) is 1.52. The number of hydrogen-bond acceptors (Lipinski definition) is 4. The first kappa shape index (κ1) is 14.0. The lowest BCUT2D eigenvalue weighted by Crippen LogP contribution is -2.48. The second-order valence-corrected chi connectivity index (χ2v) is 9.10. The van der Waals surface area contributed by atoms with Crippen LogP contribution in [0.3, 0.4) is 0 Å². The average molecular weight is 314 g/mol. The molecule has 4 fully saturated rings. The lowest BCUT2D eigenvalue weighted by atomic mass is 9.99. The first-order valence-corrected chi connectivity index (χ1v) is 9.46. The number of ether oxygens (including phenoxy) is 1. The molecular formula is C14H22N2O4S. The van der Waals surface area contributed by atoms with Crippen molar-refractivity contribution < 1.29 is 17.9 Å². The van der Waals surface area contributed by atoms with Crippen molar-refractivity contribution in [3.63, 3.8) is 0 Å². The van der Waals surface area contributed by atoms with Gasteiger partial charge in [0.2, 0.25) is 15.9 Å². The summed E-state index contributed by atoms with van der Waals surface area (Å²) >= 11 is 0. The fourth-order valence-corrected chi connectivity index (χ4v) is 5.26. The topological polar surface area (TPSA) is 75.7 Å². The Hall–Kier alpha value is -0.660. The van der Waals surface area contributed by atoms with E-state index in [4.69, 9.17) is 4.74 Å². The van der Waals surface area contributed by atoms with E-state index in [1.807, 2.05) is 0 Å². The number of carbonyl (C=O) groups is 1. The molecule has 7 heteroatoms. The Bertz CT molecular complexity index is 541. The number of sulfonamides is 1. The van der Waals surface area contributed by atoms with Gasteiger partial charge in [0.15, 0.2) is 0 Å². The molecule has 2 heterocycles. The summed E-state index contributed by atoms with van der Waals surface area (Å²) in [6.07, 6.45) is 4.24. The number of rotatable bonds is 5. The predicted octanol–water partition coefficient (Wildman–Crippen LogP) is 0.0941. The Labute approximate surface area is 125 Å². The van der Waals surface area contributed by atoms with Gasteiger partial charge in [0.1, 0.15) is 0 Å². The number of fused-ring (bicyclic) bond motifs is 2. The maximum absolute atomic E-state index is 12.3. The van der Waals surface area contributed by atoms with Crippen LogP contribution in [0.1, 0.15) is 32.1 Å². The van der Waals surface area contributed by atoms with Crippen LogP contribution in [-0.2, 0) is 19.6 Å². The van der Waals surface area contributed by atoms with Gasteiger partial charge in [-0.3, -0.25) is 4.79 Å². The summed E-state index contributed by atoms with van der Waals surface area (Å²) < 4.78 is 32.1. The second kappa shape index (κ2) is 4.93. The van der Waals surface area contributed by atoms with E-state index in [-0.39, 0.29) is 29.3 Å². The van der Waals surface area contributed by atoms with Crippen LogP contribution in [0.25, 0.3) is 0 Å². The maximum atomic E-state index is 12.3. The largest absolute Gasteiger partial charge is 0.371 e. The molecule has 21 heavy (non-hydrogen) atoms. The molecule has 0 spiro atoms. The van der Waals surface area contributed by atoms with E-state index in [0.717, 1.165) is 19.4 Å². The second-order valence-electron chi connectivity index (χ2n) is 6.89. The average Bonchev–Trinajstić information content (AvgIpc) is 3.35. The summed E-state index contributed by atoms with van der Waals surface area (Å²) in [6, 6.07) is 0. The first-order valence-electron chi connectivity index (χ1n) is 7.96. The molecule has 2 saturated carbocycles. The van der Waals surface area contributed by atoms with E-state index in [2.05, 4.69) is 5.32 Å². The SMILES string of the molecule is O=C(NCC1CC1)[C@H]1C[C@@H]2CN(S(=O)(=O)C3CC3)C[C@H]1O2. The lowest BCUT2D eigenvalue weighted by molar-refractivity contribution is -0.127. The van der Waals surface area contributed by atoms with Crippen molar-refractivity contribution in [2.45, 2.75) is 49.6 Å². The van der Waals surface area contributed by atoms with Crippen molar-refractivity contribution in [2.24, 2.45) is 11.8 Å². The van der Waals surface area contributed by atoms with Gasteiger partial charge in [-0.25, -0.2) is 8.42 Å². The van der Waals surface area contributed by atoms with Gasteiger partial charge in [0, 0.05) is 19.6 Å². The van der Waals surface area contributed by atoms with Crippen molar-refractivity contribution in [3.8, 4) is 0 Å². The fourth-order valence-electron chi connectivity index (χ4n) is 3.38. The van der Waals surface area contributed by atoms with E-state index in [9.17, 15) is 13.2 Å². The molecule has 2 saturated heterocycles. The number of amides is 1. The zero-order valence-corrected chi connectivity index (χ0v) is 12.8. The molecule has 4 aliphatic rings. The third kappa shape index (κ3) is 2.71. The number of hydrogen-bond donors (Lipinski definition) is 1. The number of nitrogens with zero attached hydrogens (tertiary/aromatic N) is 1. The standard InChI is InChI=1S/C14H22N2O4S/c17-14(15-6-9-1-2-9)12-5-10-7-16(8-13(12)20-10)21(18,19)11-3-4-11/h9-13H,1-8H2,(H,15,17)/t10-,12+,13-/m1/s1. The molecule has 2 aliphatic carbocycles. The Kier molecular flexibility index (Phi) is 3.28. The van der Waals surface area contributed by atoms with Crippen LogP contribution >= 0.6 is 0 Å². The van der Waals surface area contributed by atoms with Gasteiger partial charge in [0.05, 0.1) is 23.4 Å². The Morgan fingerprint density at radius 1 is 1.19 bits per heavy atom. The molecule has 2 aliphatic heterocycles. The van der Waals surface area contributed by atoms with Crippen LogP contribution in [-0.4, -0.2) is 55.7 Å². The highest BCUT2D eigenvalue weighted by atomic mass is 32.2. The Balaban J connectivity index is 1.40. The van der Waals surface area contributed by atoms with Crippen molar-refractivity contribution >= 4 is 15.9 Å². The van der Waals surface area contributed by atoms with Gasteiger partial charge in [-0.1, -0.05) is 0 Å². The van der Waals surface area contributed by atoms with Crippen LogP contribution in [0.2, 0.25) is 0 Å². The van der Waals surface area contributed by atoms with E-state index in [1.54, 1.807) is 4.31 Å². The van der Waals surface area contributed by atoms with Gasteiger partial charge in [-0.15, -0.1) is 0 Å². The van der Waals surface area contributed by atoms with Crippen molar-refractivity contribution in [1.82, 2.24) is 9.62 Å². The van der Waals surface area contributed by atoms with E-state index >= 15 is 0 Å². The van der Waals surface area contributed by atoms with Gasteiger partial charge in [0.25, 0.3) is 0 Å². The molecule has 0 unspecified atom stereocenters. The minimum atomic E-state index is -3.16. The molecule has 3 atom stereocenters. The minimum Gasteiger partial charge on any atom is -0.371 e. The predicted molar refractivity (Wildman–Crippen MR) is 76.0 cm³/mol. The third-order valence-electron chi connectivity index (χ3n) is 5.03. The minimum absolute atomic E-state index is 0.0417. The zero-order valence-electron chi connectivity index (χ0n) is 12.0. The number of nitrogens with one attached hydrogen (secondary N) is 1.